The summed E-state index contributed by atoms with van der Waals surface area (Å²) in [7, 11) is -3.40. The molecule has 6 atom stereocenters. The molecule has 164 valence electrons. The summed E-state index contributed by atoms with van der Waals surface area (Å²) in [5, 5.41) is 2.73. The van der Waals surface area contributed by atoms with Crippen LogP contribution in [-0.4, -0.2) is 68.4 Å². The van der Waals surface area contributed by atoms with Gasteiger partial charge in [0.25, 0.3) is 0 Å². The maximum Gasteiger partial charge on any atom is 0.309 e. The number of hydrogen-bond acceptors (Lipinski definition) is 7. The predicted molar refractivity (Wildman–Crippen MR) is 104 cm³/mol. The fraction of sp³-hybridized carbons (Fsp3) is 0.900. The molecule has 0 aromatic rings. The van der Waals surface area contributed by atoms with E-state index in [4.69, 9.17) is 14.2 Å². The first-order chi connectivity index (χ1) is 13.6. The van der Waals surface area contributed by atoms with Crippen LogP contribution < -0.4 is 5.32 Å². The first-order valence-corrected chi connectivity index (χ1v) is 12.4. The summed E-state index contributed by atoms with van der Waals surface area (Å²) in [6, 6.07) is 0. The zero-order valence-corrected chi connectivity index (χ0v) is 18.0. The van der Waals surface area contributed by atoms with Crippen LogP contribution in [-0.2, 0) is 33.6 Å². The lowest BCUT2D eigenvalue weighted by Crippen LogP contribution is -2.38. The normalized spacial score (nSPS) is 40.3. The van der Waals surface area contributed by atoms with Gasteiger partial charge in [0.1, 0.15) is 6.61 Å². The van der Waals surface area contributed by atoms with Crippen LogP contribution in [0.25, 0.3) is 0 Å². The van der Waals surface area contributed by atoms with Crippen LogP contribution in [0.5, 0.6) is 0 Å². The van der Waals surface area contributed by atoms with Crippen LogP contribution >= 0.6 is 0 Å². The van der Waals surface area contributed by atoms with Crippen molar-refractivity contribution >= 4 is 21.7 Å². The van der Waals surface area contributed by atoms with Crippen molar-refractivity contribution in [2.45, 2.75) is 75.8 Å². The standard InChI is InChI=1S/C20H31NO7S/c1-19-5-3-13(11-15(19)27-19)17(22)21-7-9-29(24,25)10-8-26-18(23)14-4-6-20(2)16(12-14)28-20/h13-16H,3-12H2,1-2H3,(H,21,22). The van der Waals surface area contributed by atoms with Gasteiger partial charge in [-0.1, -0.05) is 0 Å². The largest absolute Gasteiger partial charge is 0.464 e. The molecule has 0 aromatic heterocycles. The second-order valence-corrected chi connectivity index (χ2v) is 11.7. The summed E-state index contributed by atoms with van der Waals surface area (Å²) in [5.41, 5.74) is -0.103. The van der Waals surface area contributed by atoms with Crippen molar-refractivity contribution in [3.05, 3.63) is 0 Å². The maximum absolute atomic E-state index is 12.2. The summed E-state index contributed by atoms with van der Waals surface area (Å²) >= 11 is 0. The number of carbonyl (C=O) groups excluding carboxylic acids is 2. The Kier molecular flexibility index (Phi) is 5.44. The molecule has 4 rings (SSSR count). The van der Waals surface area contributed by atoms with Crippen molar-refractivity contribution in [2.75, 3.05) is 24.7 Å². The van der Waals surface area contributed by atoms with E-state index >= 15 is 0 Å². The maximum atomic E-state index is 12.2. The quantitative estimate of drug-likeness (QED) is 0.452. The molecule has 6 unspecified atom stereocenters. The molecule has 4 aliphatic rings. The molecule has 2 saturated heterocycles. The number of rotatable bonds is 8. The number of fused-ring (bicyclic) bond motifs is 2. The highest BCUT2D eigenvalue weighted by Gasteiger charge is 2.57. The lowest BCUT2D eigenvalue weighted by Gasteiger charge is -2.21. The van der Waals surface area contributed by atoms with Crippen molar-refractivity contribution in [1.82, 2.24) is 5.32 Å². The van der Waals surface area contributed by atoms with Gasteiger partial charge in [0.2, 0.25) is 5.91 Å². The number of ether oxygens (including phenoxy) is 3. The molecule has 0 bridgehead atoms. The Morgan fingerprint density at radius 2 is 1.59 bits per heavy atom. The van der Waals surface area contributed by atoms with Gasteiger partial charge in [0.05, 0.1) is 40.8 Å². The van der Waals surface area contributed by atoms with Crippen LogP contribution in [0.4, 0.5) is 0 Å². The minimum atomic E-state index is -3.40. The Labute approximate surface area is 171 Å². The number of hydrogen-bond donors (Lipinski definition) is 1. The number of epoxide rings is 2. The van der Waals surface area contributed by atoms with Crippen molar-refractivity contribution < 1.29 is 32.2 Å². The topological polar surface area (TPSA) is 115 Å². The van der Waals surface area contributed by atoms with Crippen LogP contribution in [0.3, 0.4) is 0 Å². The molecule has 0 spiro atoms. The molecular formula is C20H31NO7S. The van der Waals surface area contributed by atoms with E-state index in [1.807, 2.05) is 0 Å². The van der Waals surface area contributed by atoms with E-state index in [1.54, 1.807) is 0 Å². The molecule has 29 heavy (non-hydrogen) atoms. The van der Waals surface area contributed by atoms with Gasteiger partial charge in [-0.15, -0.1) is 0 Å². The summed E-state index contributed by atoms with van der Waals surface area (Å²) in [6.07, 6.45) is 4.84. The van der Waals surface area contributed by atoms with Gasteiger partial charge in [0.15, 0.2) is 9.84 Å². The number of sulfone groups is 1. The zero-order chi connectivity index (χ0) is 20.9. The third-order valence-electron chi connectivity index (χ3n) is 7.10. The van der Waals surface area contributed by atoms with Gasteiger partial charge in [0, 0.05) is 12.5 Å². The highest BCUT2D eigenvalue weighted by Crippen LogP contribution is 2.50. The van der Waals surface area contributed by atoms with Gasteiger partial charge in [-0.25, -0.2) is 8.42 Å². The summed E-state index contributed by atoms with van der Waals surface area (Å²) in [4.78, 5) is 24.4. The molecule has 2 aliphatic heterocycles. The van der Waals surface area contributed by atoms with E-state index < -0.39 is 9.84 Å². The number of esters is 1. The zero-order valence-electron chi connectivity index (χ0n) is 17.1. The Morgan fingerprint density at radius 1 is 1.00 bits per heavy atom. The van der Waals surface area contributed by atoms with E-state index in [9.17, 15) is 18.0 Å². The Morgan fingerprint density at radius 3 is 2.21 bits per heavy atom. The molecule has 8 nitrogen and oxygen atoms in total. The molecule has 1 amide bonds. The number of carbonyl (C=O) groups is 2. The highest BCUT2D eigenvalue weighted by atomic mass is 32.2. The van der Waals surface area contributed by atoms with Gasteiger partial charge in [-0.2, -0.15) is 0 Å². The van der Waals surface area contributed by atoms with Crippen molar-refractivity contribution in [3.63, 3.8) is 0 Å². The molecular weight excluding hydrogens is 398 g/mol. The van der Waals surface area contributed by atoms with Crippen LogP contribution in [0, 0.1) is 11.8 Å². The van der Waals surface area contributed by atoms with Crippen molar-refractivity contribution in [3.8, 4) is 0 Å². The van der Waals surface area contributed by atoms with Crippen molar-refractivity contribution in [2.24, 2.45) is 11.8 Å². The molecule has 2 aliphatic carbocycles. The smallest absolute Gasteiger partial charge is 0.309 e. The molecule has 4 fully saturated rings. The molecule has 2 saturated carbocycles. The molecule has 0 radical (unpaired) electrons. The minimum Gasteiger partial charge on any atom is -0.464 e. The summed E-state index contributed by atoms with van der Waals surface area (Å²) < 4.78 is 40.7. The average Bonchev–Trinajstić information content (AvgIpc) is 3.52. The molecule has 9 heteroatoms. The average molecular weight is 430 g/mol. The van der Waals surface area contributed by atoms with E-state index in [0.717, 1.165) is 25.7 Å². The first kappa shape index (κ1) is 21.1. The molecule has 2 heterocycles. The number of nitrogens with one attached hydrogen (secondary N) is 1. The van der Waals surface area contributed by atoms with Gasteiger partial charge in [-0.3, -0.25) is 9.59 Å². The highest BCUT2D eigenvalue weighted by molar-refractivity contribution is 7.91. The predicted octanol–water partition coefficient (Wildman–Crippen LogP) is 0.976. The fourth-order valence-corrected chi connectivity index (χ4v) is 5.66. The summed E-state index contributed by atoms with van der Waals surface area (Å²) in [5.74, 6) is -1.12. The van der Waals surface area contributed by atoms with Gasteiger partial charge < -0.3 is 19.5 Å². The van der Waals surface area contributed by atoms with Crippen molar-refractivity contribution in [1.29, 1.82) is 0 Å². The van der Waals surface area contributed by atoms with Crippen LogP contribution in [0.15, 0.2) is 0 Å². The van der Waals surface area contributed by atoms with Gasteiger partial charge in [-0.05, 0) is 52.4 Å². The minimum absolute atomic E-state index is 0.0411. The van der Waals surface area contributed by atoms with E-state index in [2.05, 4.69) is 19.2 Å². The Hall–Kier alpha value is -1.19. The third kappa shape index (κ3) is 4.77. The first-order valence-electron chi connectivity index (χ1n) is 10.6. The lowest BCUT2D eigenvalue weighted by molar-refractivity contribution is -0.148. The SMILES string of the molecule is CC12CCC(C(=O)NCCS(=O)(=O)CCOC(=O)C3CCC4(C)OC4C3)CC1O2. The third-order valence-corrected chi connectivity index (χ3v) is 8.72. The second-order valence-electron chi connectivity index (χ2n) is 9.39. The van der Waals surface area contributed by atoms with E-state index in [1.165, 1.54) is 0 Å². The monoisotopic (exact) mass is 429 g/mol. The summed E-state index contributed by atoms with van der Waals surface area (Å²) in [6.45, 7) is 4.05. The van der Waals surface area contributed by atoms with E-state index in [-0.39, 0.29) is 71.8 Å². The van der Waals surface area contributed by atoms with E-state index in [0.29, 0.717) is 12.8 Å². The van der Waals surface area contributed by atoms with Crippen LogP contribution in [0.1, 0.15) is 52.4 Å². The van der Waals surface area contributed by atoms with Crippen LogP contribution in [0.2, 0.25) is 0 Å². The second kappa shape index (κ2) is 7.50. The molecule has 1 N–H and O–H groups in total. The van der Waals surface area contributed by atoms with Gasteiger partial charge >= 0.3 is 5.97 Å². The lowest BCUT2D eigenvalue weighted by atomic mass is 9.82. The Bertz CT molecular complexity index is 726. The molecule has 0 aromatic carbocycles. The number of amides is 1. The Balaban J connectivity index is 1.11. The fourth-order valence-electron chi connectivity index (χ4n) is 4.71.